The minimum absolute atomic E-state index is 0.0261. The van der Waals surface area contributed by atoms with Crippen molar-refractivity contribution in [2.24, 2.45) is 5.73 Å². The summed E-state index contributed by atoms with van der Waals surface area (Å²) < 4.78 is 10.1. The van der Waals surface area contributed by atoms with Crippen LogP contribution in [0, 0.1) is 0 Å². The molecule has 0 radical (unpaired) electrons. The summed E-state index contributed by atoms with van der Waals surface area (Å²) in [5.41, 5.74) is 5.61. The van der Waals surface area contributed by atoms with Gasteiger partial charge in [0.1, 0.15) is 5.82 Å². The Bertz CT molecular complexity index is 398. The molecule has 0 aliphatic carbocycles. The number of H-pyrrole nitrogens is 1. The third-order valence-corrected chi connectivity index (χ3v) is 2.80. The van der Waals surface area contributed by atoms with E-state index in [0.29, 0.717) is 38.5 Å². The highest BCUT2D eigenvalue weighted by Gasteiger charge is 2.34. The SMILES string of the molecule is CCOC(=O)c1n[nH]c(C2(N)CCOCC2)n1. The minimum atomic E-state index is -0.587. The summed E-state index contributed by atoms with van der Waals surface area (Å²) in [6, 6.07) is 0. The van der Waals surface area contributed by atoms with Gasteiger partial charge in [0.05, 0.1) is 12.1 Å². The Morgan fingerprint density at radius 3 is 2.94 bits per heavy atom. The van der Waals surface area contributed by atoms with Crippen molar-refractivity contribution in [2.45, 2.75) is 25.3 Å². The molecule has 7 heteroatoms. The summed E-state index contributed by atoms with van der Waals surface area (Å²) in [4.78, 5) is 15.5. The molecule has 0 bridgehead atoms. The molecule has 1 fully saturated rings. The molecule has 3 N–H and O–H groups in total. The van der Waals surface area contributed by atoms with Crippen molar-refractivity contribution in [2.75, 3.05) is 19.8 Å². The number of nitrogens with zero attached hydrogens (tertiary/aromatic N) is 2. The van der Waals surface area contributed by atoms with E-state index in [4.69, 9.17) is 15.2 Å². The van der Waals surface area contributed by atoms with Crippen LogP contribution in [0.25, 0.3) is 0 Å². The fourth-order valence-corrected chi connectivity index (χ4v) is 1.74. The zero-order valence-electron chi connectivity index (χ0n) is 9.73. The van der Waals surface area contributed by atoms with Crippen molar-refractivity contribution in [3.63, 3.8) is 0 Å². The second-order valence-electron chi connectivity index (χ2n) is 4.00. The summed E-state index contributed by atoms with van der Waals surface area (Å²) in [5.74, 6) is 0.00711. The Labute approximate surface area is 98.7 Å². The van der Waals surface area contributed by atoms with Gasteiger partial charge in [0.2, 0.25) is 0 Å². The number of ether oxygens (including phenoxy) is 2. The number of hydrogen-bond acceptors (Lipinski definition) is 6. The molecule has 2 heterocycles. The third-order valence-electron chi connectivity index (χ3n) is 2.80. The van der Waals surface area contributed by atoms with E-state index in [1.807, 2.05) is 0 Å². The van der Waals surface area contributed by atoms with Crippen molar-refractivity contribution >= 4 is 5.97 Å². The van der Waals surface area contributed by atoms with Crippen LogP contribution in [-0.4, -0.2) is 41.0 Å². The van der Waals surface area contributed by atoms with Crippen LogP contribution in [0.15, 0.2) is 0 Å². The first-order chi connectivity index (χ1) is 8.15. The monoisotopic (exact) mass is 240 g/mol. The van der Waals surface area contributed by atoms with Gasteiger partial charge in [-0.05, 0) is 19.8 Å². The van der Waals surface area contributed by atoms with Gasteiger partial charge in [0, 0.05) is 13.2 Å². The van der Waals surface area contributed by atoms with E-state index < -0.39 is 11.5 Å². The Balaban J connectivity index is 2.14. The van der Waals surface area contributed by atoms with Gasteiger partial charge in [-0.15, -0.1) is 5.10 Å². The Morgan fingerprint density at radius 2 is 2.29 bits per heavy atom. The normalized spacial score (nSPS) is 18.9. The van der Waals surface area contributed by atoms with Gasteiger partial charge in [-0.3, -0.25) is 5.10 Å². The second kappa shape index (κ2) is 4.80. The summed E-state index contributed by atoms with van der Waals surface area (Å²) in [6.07, 6.45) is 1.31. The molecule has 0 atom stereocenters. The van der Waals surface area contributed by atoms with Crippen LogP contribution in [0.1, 0.15) is 36.2 Å². The Hall–Kier alpha value is -1.47. The number of hydrogen-bond donors (Lipinski definition) is 2. The van der Waals surface area contributed by atoms with E-state index in [-0.39, 0.29) is 5.82 Å². The van der Waals surface area contributed by atoms with Gasteiger partial charge in [0.15, 0.2) is 0 Å². The van der Waals surface area contributed by atoms with Crippen molar-refractivity contribution in [3.05, 3.63) is 11.6 Å². The molecule has 1 aliphatic heterocycles. The van der Waals surface area contributed by atoms with E-state index in [1.54, 1.807) is 6.92 Å². The summed E-state index contributed by atoms with van der Waals surface area (Å²) >= 11 is 0. The van der Waals surface area contributed by atoms with Gasteiger partial charge in [-0.25, -0.2) is 9.78 Å². The molecular weight excluding hydrogens is 224 g/mol. The van der Waals surface area contributed by atoms with E-state index in [9.17, 15) is 4.79 Å². The number of carbonyl (C=O) groups is 1. The van der Waals surface area contributed by atoms with Crippen molar-refractivity contribution in [3.8, 4) is 0 Å². The van der Waals surface area contributed by atoms with E-state index >= 15 is 0 Å². The number of carbonyl (C=O) groups excluding carboxylic acids is 1. The van der Waals surface area contributed by atoms with Crippen LogP contribution in [0.4, 0.5) is 0 Å². The van der Waals surface area contributed by atoms with Crippen LogP contribution >= 0.6 is 0 Å². The molecule has 0 amide bonds. The van der Waals surface area contributed by atoms with Gasteiger partial charge >= 0.3 is 5.97 Å². The largest absolute Gasteiger partial charge is 0.460 e. The molecule has 17 heavy (non-hydrogen) atoms. The fraction of sp³-hybridized carbons (Fsp3) is 0.700. The lowest BCUT2D eigenvalue weighted by atomic mass is 9.91. The number of esters is 1. The lowest BCUT2D eigenvalue weighted by Gasteiger charge is -2.30. The van der Waals surface area contributed by atoms with E-state index in [0.717, 1.165) is 0 Å². The topological polar surface area (TPSA) is 103 Å². The maximum absolute atomic E-state index is 11.4. The van der Waals surface area contributed by atoms with Crippen LogP contribution in [0.5, 0.6) is 0 Å². The first kappa shape index (κ1) is 12.0. The van der Waals surface area contributed by atoms with Gasteiger partial charge in [0.25, 0.3) is 5.82 Å². The molecule has 0 spiro atoms. The average Bonchev–Trinajstić information content (AvgIpc) is 2.80. The lowest BCUT2D eigenvalue weighted by Crippen LogP contribution is -2.43. The molecular formula is C10H16N4O3. The van der Waals surface area contributed by atoms with Crippen molar-refractivity contribution in [1.29, 1.82) is 0 Å². The molecule has 2 rings (SSSR count). The maximum Gasteiger partial charge on any atom is 0.378 e. The molecule has 1 aromatic rings. The molecule has 1 aliphatic rings. The zero-order chi connectivity index (χ0) is 12.3. The molecule has 0 saturated carbocycles. The first-order valence-electron chi connectivity index (χ1n) is 5.62. The summed E-state index contributed by atoms with van der Waals surface area (Å²) in [6.45, 7) is 3.20. The average molecular weight is 240 g/mol. The summed E-state index contributed by atoms with van der Waals surface area (Å²) in [7, 11) is 0. The Kier molecular flexibility index (Phi) is 3.39. The number of nitrogens with one attached hydrogen (secondary N) is 1. The van der Waals surface area contributed by atoms with E-state index in [1.165, 1.54) is 0 Å². The van der Waals surface area contributed by atoms with Crippen LogP contribution in [-0.2, 0) is 15.0 Å². The number of nitrogens with two attached hydrogens (primary N) is 1. The smallest absolute Gasteiger partial charge is 0.378 e. The maximum atomic E-state index is 11.4. The first-order valence-corrected chi connectivity index (χ1v) is 5.62. The quantitative estimate of drug-likeness (QED) is 0.718. The third kappa shape index (κ3) is 2.45. The predicted molar refractivity (Wildman–Crippen MR) is 58.3 cm³/mol. The molecule has 7 nitrogen and oxygen atoms in total. The van der Waals surface area contributed by atoms with Crippen LogP contribution < -0.4 is 5.73 Å². The van der Waals surface area contributed by atoms with Crippen molar-refractivity contribution in [1.82, 2.24) is 15.2 Å². The molecule has 0 aromatic carbocycles. The highest BCUT2D eigenvalue weighted by molar-refractivity contribution is 5.84. The van der Waals surface area contributed by atoms with Crippen LogP contribution in [0.3, 0.4) is 0 Å². The van der Waals surface area contributed by atoms with Gasteiger partial charge < -0.3 is 15.2 Å². The molecule has 1 saturated heterocycles. The zero-order valence-corrected chi connectivity index (χ0v) is 9.73. The van der Waals surface area contributed by atoms with Gasteiger partial charge in [-0.1, -0.05) is 0 Å². The molecule has 94 valence electrons. The number of aromatic amines is 1. The summed E-state index contributed by atoms with van der Waals surface area (Å²) in [5, 5.41) is 6.54. The second-order valence-corrected chi connectivity index (χ2v) is 4.00. The van der Waals surface area contributed by atoms with E-state index in [2.05, 4.69) is 15.2 Å². The number of rotatable bonds is 3. The van der Waals surface area contributed by atoms with Crippen molar-refractivity contribution < 1.29 is 14.3 Å². The molecule has 0 unspecified atom stereocenters. The fourth-order valence-electron chi connectivity index (χ4n) is 1.74. The predicted octanol–water partition coefficient (Wildman–Crippen LogP) is -0.0542. The lowest BCUT2D eigenvalue weighted by molar-refractivity contribution is 0.0488. The number of aromatic nitrogens is 3. The Morgan fingerprint density at radius 1 is 1.59 bits per heavy atom. The highest BCUT2D eigenvalue weighted by Crippen LogP contribution is 2.26. The van der Waals surface area contributed by atoms with Gasteiger partial charge in [-0.2, -0.15) is 0 Å². The van der Waals surface area contributed by atoms with Crippen LogP contribution in [0.2, 0.25) is 0 Å². The standard InChI is InChI=1S/C10H16N4O3/c1-2-17-8(15)7-12-9(14-13-7)10(11)3-5-16-6-4-10/h2-6,11H2,1H3,(H,12,13,14). The molecule has 1 aromatic heterocycles. The minimum Gasteiger partial charge on any atom is -0.460 e. The highest BCUT2D eigenvalue weighted by atomic mass is 16.5.